The van der Waals surface area contributed by atoms with Gasteiger partial charge in [-0.15, -0.1) is 0 Å². The van der Waals surface area contributed by atoms with E-state index in [1.54, 1.807) is 7.11 Å². The van der Waals surface area contributed by atoms with Gasteiger partial charge in [0.05, 0.1) is 6.61 Å². The first-order valence-electron chi connectivity index (χ1n) is 5.78. The molecule has 0 saturated carbocycles. The summed E-state index contributed by atoms with van der Waals surface area (Å²) in [7, 11) is 1.66. The van der Waals surface area contributed by atoms with E-state index >= 15 is 0 Å². The molecule has 2 atom stereocenters. The van der Waals surface area contributed by atoms with Crippen molar-refractivity contribution in [2.24, 2.45) is 0 Å². The molecule has 16 heavy (non-hydrogen) atoms. The Morgan fingerprint density at radius 1 is 1.38 bits per heavy atom. The molecule has 4 nitrogen and oxygen atoms in total. The number of esters is 1. The number of carbonyl (C=O) groups excluding carboxylic acids is 1. The molecule has 0 heterocycles. The Balaban J connectivity index is 4.13. The van der Waals surface area contributed by atoms with Crippen LogP contribution in [0.15, 0.2) is 0 Å². The molecule has 0 rings (SSSR count). The van der Waals surface area contributed by atoms with E-state index in [0.29, 0.717) is 6.61 Å². The molecular formula is C12H25NO3. The molecule has 1 unspecified atom stereocenters. The predicted octanol–water partition coefficient (Wildman–Crippen LogP) is 1.73. The Bertz CT molecular complexity index is 211. The fourth-order valence-corrected chi connectivity index (χ4v) is 1.30. The van der Waals surface area contributed by atoms with E-state index in [0.717, 1.165) is 6.42 Å². The molecule has 0 fully saturated rings. The fourth-order valence-electron chi connectivity index (χ4n) is 1.30. The van der Waals surface area contributed by atoms with Gasteiger partial charge in [-0.3, -0.25) is 10.1 Å². The van der Waals surface area contributed by atoms with Gasteiger partial charge in [0, 0.05) is 13.2 Å². The maximum absolute atomic E-state index is 11.7. The highest BCUT2D eigenvalue weighted by atomic mass is 16.6. The van der Waals surface area contributed by atoms with Crippen LogP contribution in [0.25, 0.3) is 0 Å². The van der Waals surface area contributed by atoms with Crippen LogP contribution in [0.1, 0.15) is 41.0 Å². The van der Waals surface area contributed by atoms with Crippen LogP contribution < -0.4 is 5.32 Å². The molecule has 1 N–H and O–H groups in total. The van der Waals surface area contributed by atoms with E-state index in [2.05, 4.69) is 12.2 Å². The zero-order chi connectivity index (χ0) is 12.8. The Morgan fingerprint density at radius 3 is 2.31 bits per heavy atom. The summed E-state index contributed by atoms with van der Waals surface area (Å²) in [6.45, 7) is 10.1. The van der Waals surface area contributed by atoms with E-state index in [-0.39, 0.29) is 18.1 Å². The molecule has 0 aromatic heterocycles. The summed E-state index contributed by atoms with van der Waals surface area (Å²) in [6, 6.07) is -0.119. The summed E-state index contributed by atoms with van der Waals surface area (Å²) >= 11 is 0. The molecule has 0 saturated heterocycles. The minimum Gasteiger partial charge on any atom is -0.459 e. The Hall–Kier alpha value is -0.610. The first-order chi connectivity index (χ1) is 7.30. The topological polar surface area (TPSA) is 47.6 Å². The summed E-state index contributed by atoms with van der Waals surface area (Å²) in [6.07, 6.45) is 0.918. The predicted molar refractivity (Wildman–Crippen MR) is 64.4 cm³/mol. The van der Waals surface area contributed by atoms with E-state index in [1.165, 1.54) is 0 Å². The van der Waals surface area contributed by atoms with Gasteiger partial charge in [0.25, 0.3) is 0 Å². The van der Waals surface area contributed by atoms with Crippen LogP contribution >= 0.6 is 0 Å². The van der Waals surface area contributed by atoms with E-state index in [1.807, 2.05) is 27.7 Å². The molecule has 96 valence electrons. The average molecular weight is 231 g/mol. The lowest BCUT2D eigenvalue weighted by atomic mass is 10.1. The van der Waals surface area contributed by atoms with Crippen molar-refractivity contribution < 1.29 is 14.3 Å². The lowest BCUT2D eigenvalue weighted by molar-refractivity contribution is -0.157. The molecule has 0 spiro atoms. The van der Waals surface area contributed by atoms with Gasteiger partial charge in [-0.25, -0.2) is 0 Å². The zero-order valence-electron chi connectivity index (χ0n) is 11.3. The largest absolute Gasteiger partial charge is 0.459 e. The molecular weight excluding hydrogens is 206 g/mol. The molecule has 4 heteroatoms. The number of methoxy groups -OCH3 is 1. The summed E-state index contributed by atoms with van der Waals surface area (Å²) < 4.78 is 10.3. The minimum atomic E-state index is -0.435. The second kappa shape index (κ2) is 6.86. The zero-order valence-corrected chi connectivity index (χ0v) is 11.3. The van der Waals surface area contributed by atoms with Crippen LogP contribution in [0.2, 0.25) is 0 Å². The highest BCUT2D eigenvalue weighted by Crippen LogP contribution is 2.08. The molecule has 0 aliphatic rings. The number of ether oxygens (including phenoxy) is 2. The fraction of sp³-hybridized carbons (Fsp3) is 0.917. The lowest BCUT2D eigenvalue weighted by Crippen LogP contribution is -2.45. The van der Waals surface area contributed by atoms with Crippen molar-refractivity contribution in [3.63, 3.8) is 0 Å². The number of hydrogen-bond donors (Lipinski definition) is 1. The SMILES string of the molecule is CCC(COC)N[C@@H](C)C(=O)OC(C)(C)C. The molecule has 0 radical (unpaired) electrons. The molecule has 0 amide bonds. The Labute approximate surface area is 98.7 Å². The van der Waals surface area contributed by atoms with Gasteiger partial charge in [0.1, 0.15) is 11.6 Å². The normalized spacial score (nSPS) is 15.6. The lowest BCUT2D eigenvalue weighted by Gasteiger charge is -2.25. The third-order valence-corrected chi connectivity index (χ3v) is 2.11. The van der Waals surface area contributed by atoms with Crippen molar-refractivity contribution in [3.8, 4) is 0 Å². The van der Waals surface area contributed by atoms with Gasteiger partial charge >= 0.3 is 5.97 Å². The number of rotatable bonds is 6. The van der Waals surface area contributed by atoms with Gasteiger partial charge < -0.3 is 9.47 Å². The molecule has 0 aromatic rings. The van der Waals surface area contributed by atoms with Gasteiger partial charge in [-0.2, -0.15) is 0 Å². The van der Waals surface area contributed by atoms with Gasteiger partial charge in [0.2, 0.25) is 0 Å². The van der Waals surface area contributed by atoms with Crippen LogP contribution in [-0.2, 0) is 14.3 Å². The van der Waals surface area contributed by atoms with Crippen molar-refractivity contribution in [1.29, 1.82) is 0 Å². The second-order valence-electron chi connectivity index (χ2n) is 4.98. The van der Waals surface area contributed by atoms with Crippen LogP contribution in [0, 0.1) is 0 Å². The highest BCUT2D eigenvalue weighted by molar-refractivity contribution is 5.75. The number of hydrogen-bond acceptors (Lipinski definition) is 4. The van der Waals surface area contributed by atoms with Gasteiger partial charge in [0.15, 0.2) is 0 Å². The maximum Gasteiger partial charge on any atom is 0.323 e. The average Bonchev–Trinajstić information content (AvgIpc) is 2.14. The minimum absolute atomic E-state index is 0.188. The standard InChI is InChI=1S/C12H25NO3/c1-7-10(8-15-6)13-9(2)11(14)16-12(3,4)5/h9-10,13H,7-8H2,1-6H3/t9-,10?/m0/s1. The van der Waals surface area contributed by atoms with Crippen molar-refractivity contribution in [2.75, 3.05) is 13.7 Å². The van der Waals surface area contributed by atoms with E-state index < -0.39 is 5.60 Å². The summed E-state index contributed by atoms with van der Waals surface area (Å²) in [4.78, 5) is 11.7. The van der Waals surface area contributed by atoms with E-state index in [9.17, 15) is 4.79 Å². The first-order valence-corrected chi connectivity index (χ1v) is 5.78. The van der Waals surface area contributed by atoms with Crippen molar-refractivity contribution >= 4 is 5.97 Å². The summed E-state index contributed by atoms with van der Waals surface area (Å²) in [5.74, 6) is -0.220. The van der Waals surface area contributed by atoms with Crippen molar-refractivity contribution in [1.82, 2.24) is 5.32 Å². The number of carbonyl (C=O) groups is 1. The van der Waals surface area contributed by atoms with Crippen LogP contribution in [-0.4, -0.2) is 37.4 Å². The molecule has 0 aromatic carbocycles. The maximum atomic E-state index is 11.7. The van der Waals surface area contributed by atoms with Crippen LogP contribution in [0.5, 0.6) is 0 Å². The Morgan fingerprint density at radius 2 is 1.94 bits per heavy atom. The molecule has 0 aliphatic carbocycles. The van der Waals surface area contributed by atoms with Crippen LogP contribution in [0.3, 0.4) is 0 Å². The van der Waals surface area contributed by atoms with E-state index in [4.69, 9.17) is 9.47 Å². The highest BCUT2D eigenvalue weighted by Gasteiger charge is 2.23. The van der Waals surface area contributed by atoms with Crippen molar-refractivity contribution in [3.05, 3.63) is 0 Å². The van der Waals surface area contributed by atoms with Gasteiger partial charge in [-0.1, -0.05) is 6.92 Å². The van der Waals surface area contributed by atoms with Gasteiger partial charge in [-0.05, 0) is 34.1 Å². The first kappa shape index (κ1) is 15.4. The second-order valence-corrected chi connectivity index (χ2v) is 4.98. The molecule has 0 aliphatic heterocycles. The third-order valence-electron chi connectivity index (χ3n) is 2.11. The quantitative estimate of drug-likeness (QED) is 0.707. The Kier molecular flexibility index (Phi) is 6.60. The third kappa shape index (κ3) is 6.80. The molecule has 0 bridgehead atoms. The smallest absolute Gasteiger partial charge is 0.323 e. The summed E-state index contributed by atoms with van der Waals surface area (Å²) in [5, 5.41) is 3.19. The van der Waals surface area contributed by atoms with Crippen molar-refractivity contribution in [2.45, 2.75) is 58.7 Å². The van der Waals surface area contributed by atoms with Crippen LogP contribution in [0.4, 0.5) is 0 Å². The monoisotopic (exact) mass is 231 g/mol. The summed E-state index contributed by atoms with van der Waals surface area (Å²) in [5.41, 5.74) is -0.435. The number of nitrogens with one attached hydrogen (secondary N) is 1.